The van der Waals surface area contributed by atoms with Crippen molar-refractivity contribution in [1.82, 2.24) is 0 Å². The molecule has 32 heavy (non-hydrogen) atoms. The van der Waals surface area contributed by atoms with Gasteiger partial charge in [-0.15, -0.1) is 0 Å². The van der Waals surface area contributed by atoms with Crippen LogP contribution in [0, 0.1) is 5.92 Å². The largest absolute Gasteiger partial charge is 0.492 e. The third kappa shape index (κ3) is 5.78. The maximum Gasteiger partial charge on any atom is 0.314 e. The molecule has 3 rings (SSSR count). The Morgan fingerprint density at radius 3 is 2.66 bits per heavy atom. The van der Waals surface area contributed by atoms with Crippen molar-refractivity contribution in [3.8, 4) is 11.5 Å². The fraction of sp³-hybridized carbons (Fsp3) is 0.375. The SMILES string of the molecule is CCO/N=C(\C)C(Cc1ccc(OCCN2C(=O)COc3ccccc32)cc1)C(=O)OC. The van der Waals surface area contributed by atoms with Crippen LogP contribution in [0.25, 0.3) is 0 Å². The Morgan fingerprint density at radius 1 is 1.19 bits per heavy atom. The second kappa shape index (κ2) is 11.2. The minimum absolute atomic E-state index is 0.0269. The summed E-state index contributed by atoms with van der Waals surface area (Å²) in [4.78, 5) is 31.2. The van der Waals surface area contributed by atoms with Gasteiger partial charge in [-0.2, -0.15) is 0 Å². The topological polar surface area (TPSA) is 86.7 Å². The maximum atomic E-state index is 12.2. The zero-order valence-corrected chi connectivity index (χ0v) is 18.6. The van der Waals surface area contributed by atoms with Gasteiger partial charge in [0, 0.05) is 0 Å². The number of methoxy groups -OCH3 is 1. The summed E-state index contributed by atoms with van der Waals surface area (Å²) < 4.78 is 16.2. The summed E-state index contributed by atoms with van der Waals surface area (Å²) in [5.41, 5.74) is 2.26. The number of nitrogens with zero attached hydrogens (tertiary/aromatic N) is 2. The lowest BCUT2D eigenvalue weighted by Crippen LogP contribution is -2.41. The summed E-state index contributed by atoms with van der Waals surface area (Å²) in [7, 11) is 1.36. The van der Waals surface area contributed by atoms with Crippen LogP contribution < -0.4 is 14.4 Å². The van der Waals surface area contributed by atoms with Gasteiger partial charge in [0.15, 0.2) is 6.61 Å². The van der Waals surface area contributed by atoms with Crippen LogP contribution in [0.1, 0.15) is 19.4 Å². The van der Waals surface area contributed by atoms with Gasteiger partial charge in [-0.05, 0) is 50.1 Å². The molecule has 1 amide bonds. The van der Waals surface area contributed by atoms with E-state index >= 15 is 0 Å². The van der Waals surface area contributed by atoms with Crippen molar-refractivity contribution < 1.29 is 28.6 Å². The number of amides is 1. The zero-order valence-electron chi connectivity index (χ0n) is 18.6. The first-order valence-corrected chi connectivity index (χ1v) is 10.5. The van der Waals surface area contributed by atoms with E-state index in [1.165, 1.54) is 7.11 Å². The summed E-state index contributed by atoms with van der Waals surface area (Å²) in [5.74, 6) is 0.393. The number of ether oxygens (including phenoxy) is 3. The number of esters is 1. The van der Waals surface area contributed by atoms with E-state index in [4.69, 9.17) is 19.0 Å². The van der Waals surface area contributed by atoms with E-state index in [-0.39, 0.29) is 18.5 Å². The molecule has 170 valence electrons. The van der Waals surface area contributed by atoms with Crippen LogP contribution in [0.2, 0.25) is 0 Å². The highest BCUT2D eigenvalue weighted by atomic mass is 16.6. The maximum absolute atomic E-state index is 12.2. The average Bonchev–Trinajstić information content (AvgIpc) is 2.82. The first-order chi connectivity index (χ1) is 15.5. The lowest BCUT2D eigenvalue weighted by Gasteiger charge is -2.29. The molecule has 0 saturated heterocycles. The zero-order chi connectivity index (χ0) is 22.9. The molecule has 8 heteroatoms. The smallest absolute Gasteiger partial charge is 0.314 e. The Bertz CT molecular complexity index is 957. The van der Waals surface area contributed by atoms with Crippen molar-refractivity contribution >= 4 is 23.3 Å². The second-order valence-corrected chi connectivity index (χ2v) is 7.22. The number of hydrogen-bond acceptors (Lipinski definition) is 7. The number of fused-ring (bicyclic) bond motifs is 1. The fourth-order valence-corrected chi connectivity index (χ4v) is 3.39. The third-order valence-electron chi connectivity index (χ3n) is 5.08. The first kappa shape index (κ1) is 23.1. The van der Waals surface area contributed by atoms with Gasteiger partial charge in [-0.25, -0.2) is 0 Å². The lowest BCUT2D eigenvalue weighted by molar-refractivity contribution is -0.143. The van der Waals surface area contributed by atoms with Crippen LogP contribution in [-0.2, 0) is 25.6 Å². The molecular formula is C24H28N2O6. The van der Waals surface area contributed by atoms with Crippen LogP contribution in [0.4, 0.5) is 5.69 Å². The van der Waals surface area contributed by atoms with E-state index in [0.29, 0.717) is 43.4 Å². The van der Waals surface area contributed by atoms with Gasteiger partial charge in [0.05, 0.1) is 25.1 Å². The summed E-state index contributed by atoms with van der Waals surface area (Å²) >= 11 is 0. The lowest BCUT2D eigenvalue weighted by atomic mass is 9.95. The molecule has 1 heterocycles. The number of carbonyl (C=O) groups is 2. The number of benzene rings is 2. The van der Waals surface area contributed by atoms with Crippen LogP contribution in [0.3, 0.4) is 0 Å². The summed E-state index contributed by atoms with van der Waals surface area (Å²) in [6, 6.07) is 14.9. The minimum atomic E-state index is -0.522. The molecule has 0 bridgehead atoms. The van der Waals surface area contributed by atoms with E-state index < -0.39 is 5.92 Å². The molecule has 1 aliphatic rings. The molecule has 0 N–H and O–H groups in total. The number of para-hydroxylation sites is 2. The molecule has 8 nitrogen and oxygen atoms in total. The number of hydrogen-bond donors (Lipinski definition) is 0. The number of carbonyl (C=O) groups excluding carboxylic acids is 2. The van der Waals surface area contributed by atoms with E-state index in [1.54, 1.807) is 11.8 Å². The summed E-state index contributed by atoms with van der Waals surface area (Å²) in [6.07, 6.45) is 0.439. The Balaban J connectivity index is 1.58. The predicted octanol–water partition coefficient (Wildman–Crippen LogP) is 3.24. The van der Waals surface area contributed by atoms with Gasteiger partial charge in [-0.3, -0.25) is 9.59 Å². The molecule has 0 saturated carbocycles. The molecule has 0 spiro atoms. The molecule has 0 fully saturated rings. The van der Waals surface area contributed by atoms with Crippen LogP contribution in [0.5, 0.6) is 11.5 Å². The Labute approximate surface area is 187 Å². The van der Waals surface area contributed by atoms with Crippen molar-refractivity contribution in [2.24, 2.45) is 11.1 Å². The van der Waals surface area contributed by atoms with Crippen molar-refractivity contribution in [3.05, 3.63) is 54.1 Å². The van der Waals surface area contributed by atoms with Crippen molar-refractivity contribution in [2.45, 2.75) is 20.3 Å². The average molecular weight is 440 g/mol. The predicted molar refractivity (Wildman–Crippen MR) is 120 cm³/mol. The van der Waals surface area contributed by atoms with E-state index in [2.05, 4.69) is 5.16 Å². The standard InChI is InChI=1S/C24H28N2O6/c1-4-32-25-17(2)20(24(28)29-3)15-18-9-11-19(12-10-18)30-14-13-26-21-7-5-6-8-22(21)31-16-23(26)27/h5-12,20H,4,13-16H2,1-3H3/b25-17+. The van der Waals surface area contributed by atoms with E-state index in [0.717, 1.165) is 11.3 Å². The van der Waals surface area contributed by atoms with Crippen LogP contribution in [-0.4, -0.2) is 51.1 Å². The molecule has 1 atom stereocenters. The highest BCUT2D eigenvalue weighted by Crippen LogP contribution is 2.31. The summed E-state index contributed by atoms with van der Waals surface area (Å²) in [6.45, 7) is 4.79. The Kier molecular flexibility index (Phi) is 8.08. The number of anilines is 1. The van der Waals surface area contributed by atoms with Gasteiger partial charge in [0.2, 0.25) is 0 Å². The van der Waals surface area contributed by atoms with Gasteiger partial charge in [-0.1, -0.05) is 29.4 Å². The molecule has 0 aliphatic carbocycles. The molecule has 2 aromatic rings. The Hall–Kier alpha value is -3.55. The quantitative estimate of drug-likeness (QED) is 0.320. The van der Waals surface area contributed by atoms with E-state index in [9.17, 15) is 9.59 Å². The minimum Gasteiger partial charge on any atom is -0.492 e. The van der Waals surface area contributed by atoms with Crippen LogP contribution >= 0.6 is 0 Å². The first-order valence-electron chi connectivity index (χ1n) is 10.5. The van der Waals surface area contributed by atoms with Gasteiger partial charge in [0.1, 0.15) is 30.6 Å². The van der Waals surface area contributed by atoms with Crippen molar-refractivity contribution in [1.29, 1.82) is 0 Å². The fourth-order valence-electron chi connectivity index (χ4n) is 3.39. The molecule has 0 aromatic heterocycles. The molecule has 2 aromatic carbocycles. The molecular weight excluding hydrogens is 412 g/mol. The van der Waals surface area contributed by atoms with Gasteiger partial charge in [0.25, 0.3) is 5.91 Å². The van der Waals surface area contributed by atoms with Crippen LogP contribution in [0.15, 0.2) is 53.7 Å². The second-order valence-electron chi connectivity index (χ2n) is 7.22. The van der Waals surface area contributed by atoms with Gasteiger partial charge < -0.3 is 23.9 Å². The highest BCUT2D eigenvalue weighted by Gasteiger charge is 2.25. The highest BCUT2D eigenvalue weighted by molar-refractivity contribution is 6.01. The Morgan fingerprint density at radius 2 is 1.94 bits per heavy atom. The molecule has 1 unspecified atom stereocenters. The van der Waals surface area contributed by atoms with Crippen molar-refractivity contribution in [2.75, 3.05) is 38.4 Å². The molecule has 0 radical (unpaired) electrons. The third-order valence-corrected chi connectivity index (χ3v) is 5.08. The normalized spacial score (nSPS) is 14.3. The van der Waals surface area contributed by atoms with E-state index in [1.807, 2.05) is 55.5 Å². The number of oxime groups is 1. The van der Waals surface area contributed by atoms with Crippen molar-refractivity contribution in [3.63, 3.8) is 0 Å². The summed E-state index contributed by atoms with van der Waals surface area (Å²) in [5, 5.41) is 3.98. The monoisotopic (exact) mass is 440 g/mol. The van der Waals surface area contributed by atoms with Gasteiger partial charge >= 0.3 is 5.97 Å². The number of rotatable bonds is 10. The molecule has 1 aliphatic heterocycles.